The van der Waals surface area contributed by atoms with E-state index in [1.807, 2.05) is 66.5 Å². The molecule has 4 rings (SSSR count). The molecule has 27 heavy (non-hydrogen) atoms. The number of carbonyl (C=O) groups is 1. The molecule has 2 heterocycles. The van der Waals surface area contributed by atoms with Gasteiger partial charge in [-0.1, -0.05) is 30.3 Å². The van der Waals surface area contributed by atoms with Gasteiger partial charge in [0.25, 0.3) is 5.91 Å². The molecule has 5 heteroatoms. The van der Waals surface area contributed by atoms with Crippen molar-refractivity contribution in [1.82, 2.24) is 10.2 Å². The zero-order valence-electron chi connectivity index (χ0n) is 15.6. The maximum absolute atomic E-state index is 12.8. The number of carbonyl (C=O) groups excluding carboxylic acids is 1. The zero-order chi connectivity index (χ0) is 17.9. The van der Waals surface area contributed by atoms with Crippen LogP contribution < -0.4 is 10.1 Å². The van der Waals surface area contributed by atoms with Gasteiger partial charge in [-0.05, 0) is 55.5 Å². The monoisotopic (exact) mass is 386 g/mol. The summed E-state index contributed by atoms with van der Waals surface area (Å²) in [5, 5.41) is 3.63. The Kier molecular flexibility index (Phi) is 6.40. The number of nitrogens with zero attached hydrogens (tertiary/aromatic N) is 1. The van der Waals surface area contributed by atoms with Crippen molar-refractivity contribution >= 4 is 18.3 Å². The first-order valence-corrected chi connectivity index (χ1v) is 9.49. The minimum atomic E-state index is 0. The van der Waals surface area contributed by atoms with Crippen LogP contribution in [0.25, 0.3) is 0 Å². The van der Waals surface area contributed by atoms with E-state index < -0.39 is 0 Å². The lowest BCUT2D eigenvalue weighted by atomic mass is 9.98. The third-order valence-corrected chi connectivity index (χ3v) is 5.67. The van der Waals surface area contributed by atoms with Gasteiger partial charge in [-0.15, -0.1) is 12.4 Å². The summed E-state index contributed by atoms with van der Waals surface area (Å²) in [5.74, 6) is 0.888. The average Bonchev–Trinajstić information content (AvgIpc) is 3.04. The Morgan fingerprint density at radius 1 is 1.04 bits per heavy atom. The van der Waals surface area contributed by atoms with Crippen molar-refractivity contribution in [3.8, 4) is 5.75 Å². The van der Waals surface area contributed by atoms with Gasteiger partial charge in [0.05, 0.1) is 0 Å². The van der Waals surface area contributed by atoms with E-state index in [9.17, 15) is 4.79 Å². The largest absolute Gasteiger partial charge is 0.489 e. The number of fused-ring (bicyclic) bond motifs is 2. The van der Waals surface area contributed by atoms with Crippen LogP contribution >= 0.6 is 12.4 Å². The minimum Gasteiger partial charge on any atom is -0.489 e. The number of amides is 1. The number of halogens is 1. The quantitative estimate of drug-likeness (QED) is 0.843. The Labute approximate surface area is 167 Å². The number of piperidine rings is 1. The molecule has 2 unspecified atom stereocenters. The second-order valence-electron chi connectivity index (χ2n) is 7.48. The van der Waals surface area contributed by atoms with Crippen molar-refractivity contribution in [1.29, 1.82) is 0 Å². The fourth-order valence-electron chi connectivity index (χ4n) is 4.15. The summed E-state index contributed by atoms with van der Waals surface area (Å²) in [6.45, 7) is 0.534. The lowest BCUT2D eigenvalue weighted by Crippen LogP contribution is -2.48. The summed E-state index contributed by atoms with van der Waals surface area (Å²) in [6.07, 6.45) is 4.63. The Balaban J connectivity index is 0.00000210. The molecule has 0 aliphatic carbocycles. The van der Waals surface area contributed by atoms with Crippen molar-refractivity contribution in [3.05, 3.63) is 65.7 Å². The molecule has 144 valence electrons. The van der Waals surface area contributed by atoms with Crippen LogP contribution in [0.4, 0.5) is 0 Å². The molecule has 0 spiro atoms. The summed E-state index contributed by atoms with van der Waals surface area (Å²) >= 11 is 0. The fraction of sp³-hybridized carbons (Fsp3) is 0.409. The van der Waals surface area contributed by atoms with Crippen LogP contribution in [0.1, 0.15) is 41.6 Å². The van der Waals surface area contributed by atoms with Gasteiger partial charge in [-0.2, -0.15) is 0 Å². The highest BCUT2D eigenvalue weighted by Gasteiger charge is 2.36. The zero-order valence-corrected chi connectivity index (χ0v) is 16.5. The normalized spacial score (nSPS) is 23.4. The Bertz CT molecular complexity index is 739. The second-order valence-corrected chi connectivity index (χ2v) is 7.48. The summed E-state index contributed by atoms with van der Waals surface area (Å²) in [4.78, 5) is 14.8. The molecule has 2 fully saturated rings. The molecule has 1 amide bonds. The van der Waals surface area contributed by atoms with E-state index in [1.165, 1.54) is 12.8 Å². The predicted octanol–water partition coefficient (Wildman–Crippen LogP) is 4.04. The molecule has 0 aromatic heterocycles. The first-order chi connectivity index (χ1) is 12.7. The van der Waals surface area contributed by atoms with Gasteiger partial charge in [-0.3, -0.25) is 4.79 Å². The van der Waals surface area contributed by atoms with E-state index in [4.69, 9.17) is 4.74 Å². The molecule has 2 aromatic carbocycles. The standard InChI is InChI=1S/C22H26N2O2.ClH/c1-24(20-13-18-9-10-19(14-20)23-18)22(25)17-7-11-21(12-8-17)26-15-16-5-3-2-4-6-16;/h2-8,11-12,18-20,23H,9-10,13-15H2,1H3;1H. The molecule has 1 N–H and O–H groups in total. The Morgan fingerprint density at radius 2 is 1.67 bits per heavy atom. The van der Waals surface area contributed by atoms with E-state index >= 15 is 0 Å². The van der Waals surface area contributed by atoms with Gasteiger partial charge >= 0.3 is 0 Å². The molecule has 2 aliphatic rings. The molecule has 0 saturated carbocycles. The number of rotatable bonds is 5. The fourth-order valence-corrected chi connectivity index (χ4v) is 4.15. The van der Waals surface area contributed by atoms with Gasteiger partial charge in [0.1, 0.15) is 12.4 Å². The molecule has 2 bridgehead atoms. The number of hydrogen-bond donors (Lipinski definition) is 1. The van der Waals surface area contributed by atoms with Crippen LogP contribution in [0.5, 0.6) is 5.75 Å². The molecule has 2 aromatic rings. The van der Waals surface area contributed by atoms with Gasteiger partial charge < -0.3 is 15.0 Å². The maximum Gasteiger partial charge on any atom is 0.253 e. The van der Waals surface area contributed by atoms with Crippen LogP contribution in [0.3, 0.4) is 0 Å². The average molecular weight is 387 g/mol. The van der Waals surface area contributed by atoms with Crippen molar-refractivity contribution in [2.45, 2.75) is 50.4 Å². The van der Waals surface area contributed by atoms with Gasteiger partial charge in [0, 0.05) is 30.7 Å². The summed E-state index contributed by atoms with van der Waals surface area (Å²) in [6, 6.07) is 19.1. The van der Waals surface area contributed by atoms with Crippen molar-refractivity contribution in [3.63, 3.8) is 0 Å². The number of benzene rings is 2. The summed E-state index contributed by atoms with van der Waals surface area (Å²) in [7, 11) is 1.94. The molecular weight excluding hydrogens is 360 g/mol. The highest BCUT2D eigenvalue weighted by molar-refractivity contribution is 5.94. The Morgan fingerprint density at radius 3 is 2.30 bits per heavy atom. The van der Waals surface area contributed by atoms with Crippen LogP contribution in [0, 0.1) is 0 Å². The summed E-state index contributed by atoms with van der Waals surface area (Å²) < 4.78 is 5.81. The van der Waals surface area contributed by atoms with Gasteiger partial charge in [0.15, 0.2) is 0 Å². The molecule has 4 nitrogen and oxygen atoms in total. The van der Waals surface area contributed by atoms with E-state index in [0.29, 0.717) is 24.7 Å². The molecule has 2 saturated heterocycles. The number of hydrogen-bond acceptors (Lipinski definition) is 3. The molecule has 2 atom stereocenters. The molecule has 2 aliphatic heterocycles. The maximum atomic E-state index is 12.8. The van der Waals surface area contributed by atoms with Crippen molar-refractivity contribution < 1.29 is 9.53 Å². The number of nitrogens with one attached hydrogen (secondary N) is 1. The predicted molar refractivity (Wildman–Crippen MR) is 110 cm³/mol. The lowest BCUT2D eigenvalue weighted by Gasteiger charge is -2.35. The van der Waals surface area contributed by atoms with E-state index in [2.05, 4.69) is 5.32 Å². The highest BCUT2D eigenvalue weighted by atomic mass is 35.5. The van der Waals surface area contributed by atoms with Crippen LogP contribution in [0.2, 0.25) is 0 Å². The smallest absolute Gasteiger partial charge is 0.253 e. The van der Waals surface area contributed by atoms with E-state index in [0.717, 1.165) is 29.7 Å². The first kappa shape index (κ1) is 19.7. The van der Waals surface area contributed by atoms with Gasteiger partial charge in [-0.25, -0.2) is 0 Å². The third-order valence-electron chi connectivity index (χ3n) is 5.67. The second kappa shape index (κ2) is 8.77. The topological polar surface area (TPSA) is 41.6 Å². The molecular formula is C22H27ClN2O2. The van der Waals surface area contributed by atoms with Gasteiger partial charge in [0.2, 0.25) is 0 Å². The molecule has 0 radical (unpaired) electrons. The van der Waals surface area contributed by atoms with Crippen molar-refractivity contribution in [2.75, 3.05) is 7.05 Å². The van der Waals surface area contributed by atoms with Crippen molar-refractivity contribution in [2.24, 2.45) is 0 Å². The lowest BCUT2D eigenvalue weighted by molar-refractivity contribution is 0.0681. The van der Waals surface area contributed by atoms with Crippen LogP contribution in [-0.4, -0.2) is 36.0 Å². The first-order valence-electron chi connectivity index (χ1n) is 9.49. The number of ether oxygens (including phenoxy) is 1. The van der Waals surface area contributed by atoms with E-state index in [1.54, 1.807) is 0 Å². The minimum absolute atomic E-state index is 0. The van der Waals surface area contributed by atoms with Crippen LogP contribution in [0.15, 0.2) is 54.6 Å². The third kappa shape index (κ3) is 4.63. The Hall–Kier alpha value is -2.04. The van der Waals surface area contributed by atoms with Crippen LogP contribution in [-0.2, 0) is 6.61 Å². The highest BCUT2D eigenvalue weighted by Crippen LogP contribution is 2.30. The summed E-state index contributed by atoms with van der Waals surface area (Å²) in [5.41, 5.74) is 1.86. The van der Waals surface area contributed by atoms with E-state index in [-0.39, 0.29) is 18.3 Å². The SMILES string of the molecule is CN(C(=O)c1ccc(OCc2ccccc2)cc1)C1CC2CCC(C1)N2.Cl.